The van der Waals surface area contributed by atoms with Crippen LogP contribution < -0.4 is 9.46 Å². The first-order valence-electron chi connectivity index (χ1n) is 12.5. The first kappa shape index (κ1) is 25.3. The van der Waals surface area contributed by atoms with Crippen LogP contribution in [0, 0.1) is 5.41 Å². The Labute approximate surface area is 213 Å². The lowest BCUT2D eigenvalue weighted by molar-refractivity contribution is -0.119. The molecule has 184 valence electrons. The van der Waals surface area contributed by atoms with Crippen LogP contribution in [-0.4, -0.2) is 11.0 Å². The minimum absolute atomic E-state index is 0.0830. The average molecular weight is 490 g/mol. The third-order valence-electron chi connectivity index (χ3n) is 7.09. The topological polar surface area (TPSA) is 58.6 Å². The van der Waals surface area contributed by atoms with Gasteiger partial charge in [-0.2, -0.15) is 0 Å². The molecule has 0 radical (unpaired) electrons. The monoisotopic (exact) mass is 489 g/mol. The van der Waals surface area contributed by atoms with Gasteiger partial charge in [0.25, 0.3) is 0 Å². The molecule has 5 heteroatoms. The molecular weight excluding hydrogens is 454 g/mol. The predicted molar refractivity (Wildman–Crippen MR) is 142 cm³/mol. The van der Waals surface area contributed by atoms with Gasteiger partial charge in [-0.15, -0.1) is 0 Å². The molecule has 0 bridgehead atoms. The van der Waals surface area contributed by atoms with E-state index in [9.17, 15) is 9.90 Å². The van der Waals surface area contributed by atoms with Crippen LogP contribution in [-0.2, 0) is 10.4 Å². The molecule has 0 heterocycles. The van der Waals surface area contributed by atoms with Gasteiger partial charge in [0.1, 0.15) is 11.5 Å². The van der Waals surface area contributed by atoms with Gasteiger partial charge in [-0.25, -0.2) is 0 Å². The molecular formula is C30H35NO3S. The van der Waals surface area contributed by atoms with E-state index in [1.165, 1.54) is 11.9 Å². The molecule has 0 aromatic heterocycles. The molecule has 35 heavy (non-hydrogen) atoms. The van der Waals surface area contributed by atoms with Crippen LogP contribution in [0.15, 0.2) is 89.8 Å². The Hall–Kier alpha value is -2.76. The van der Waals surface area contributed by atoms with E-state index in [-0.39, 0.29) is 11.3 Å². The van der Waals surface area contributed by atoms with E-state index in [1.807, 2.05) is 84.9 Å². The number of carbonyl (C=O) groups is 1. The molecule has 2 N–H and O–H groups in total. The number of carbonyl (C=O) groups excluding carboxylic acids is 1. The van der Waals surface area contributed by atoms with Gasteiger partial charge in [-0.05, 0) is 97.8 Å². The fourth-order valence-corrected chi connectivity index (χ4v) is 5.40. The molecule has 0 saturated heterocycles. The average Bonchev–Trinajstić information content (AvgIpc) is 2.89. The maximum Gasteiger partial charge on any atom is 0.230 e. The summed E-state index contributed by atoms with van der Waals surface area (Å²) in [6.07, 6.45) is 6.98. The molecule has 1 aliphatic carbocycles. The second-order valence-corrected chi connectivity index (χ2v) is 10.8. The maximum atomic E-state index is 12.2. The zero-order chi connectivity index (χ0) is 24.6. The molecule has 1 fully saturated rings. The zero-order valence-electron chi connectivity index (χ0n) is 20.4. The lowest BCUT2D eigenvalue weighted by Crippen LogP contribution is -2.35. The molecule has 0 spiro atoms. The summed E-state index contributed by atoms with van der Waals surface area (Å²) in [7, 11) is 0. The van der Waals surface area contributed by atoms with Crippen molar-refractivity contribution < 1.29 is 14.6 Å². The summed E-state index contributed by atoms with van der Waals surface area (Å²) >= 11 is 1.38. The molecule has 4 nitrogen and oxygen atoms in total. The number of ether oxygens (including phenoxy) is 1. The lowest BCUT2D eigenvalue weighted by Gasteiger charge is -2.42. The third kappa shape index (κ3) is 7.36. The van der Waals surface area contributed by atoms with Crippen LogP contribution in [0.3, 0.4) is 0 Å². The van der Waals surface area contributed by atoms with E-state index in [4.69, 9.17) is 4.74 Å². The van der Waals surface area contributed by atoms with Crippen molar-refractivity contribution in [1.82, 2.24) is 4.72 Å². The van der Waals surface area contributed by atoms with E-state index >= 15 is 0 Å². The third-order valence-corrected chi connectivity index (χ3v) is 7.93. The van der Waals surface area contributed by atoms with Crippen LogP contribution in [0.5, 0.6) is 11.5 Å². The minimum atomic E-state index is -0.815. The van der Waals surface area contributed by atoms with Crippen LogP contribution in [0.25, 0.3) is 0 Å². The van der Waals surface area contributed by atoms with Crippen molar-refractivity contribution in [1.29, 1.82) is 0 Å². The van der Waals surface area contributed by atoms with E-state index in [2.05, 4.69) is 11.6 Å². The number of aliphatic hydroxyl groups is 1. The smallest absolute Gasteiger partial charge is 0.230 e. The Morgan fingerprint density at radius 1 is 0.886 bits per heavy atom. The zero-order valence-corrected chi connectivity index (χ0v) is 21.2. The maximum absolute atomic E-state index is 12.2. The van der Waals surface area contributed by atoms with Crippen molar-refractivity contribution in [3.8, 4) is 11.5 Å². The standard InChI is InChI=1S/C30H35NO3S/c1-29(18-9-8-17-28(32)31-35-27-15-6-3-7-16-27)19-21-30(33,22-20-29)24-11-10-14-26(23-24)34-25-12-4-2-5-13-25/h2-7,10-16,23,33H,8-9,17-22H2,1H3,(H,31,32). The molecule has 1 amide bonds. The highest BCUT2D eigenvalue weighted by Gasteiger charge is 2.40. The van der Waals surface area contributed by atoms with Gasteiger partial charge in [0.2, 0.25) is 5.91 Å². The summed E-state index contributed by atoms with van der Waals surface area (Å²) in [4.78, 5) is 13.2. The summed E-state index contributed by atoms with van der Waals surface area (Å²) in [5.74, 6) is 1.62. The first-order chi connectivity index (χ1) is 16.9. The number of unbranched alkanes of at least 4 members (excludes halogenated alkanes) is 1. The van der Waals surface area contributed by atoms with Crippen molar-refractivity contribution in [2.45, 2.75) is 68.8 Å². The number of benzene rings is 3. The van der Waals surface area contributed by atoms with Gasteiger partial charge in [0.05, 0.1) is 5.60 Å². The molecule has 3 aromatic carbocycles. The molecule has 0 aliphatic heterocycles. The van der Waals surface area contributed by atoms with Crippen LogP contribution in [0.4, 0.5) is 0 Å². The molecule has 0 unspecified atom stereocenters. The van der Waals surface area contributed by atoms with Gasteiger partial charge in [-0.3, -0.25) is 9.52 Å². The van der Waals surface area contributed by atoms with Crippen LogP contribution in [0.1, 0.15) is 63.9 Å². The van der Waals surface area contributed by atoms with E-state index in [1.54, 1.807) is 0 Å². The van der Waals surface area contributed by atoms with Gasteiger partial charge >= 0.3 is 0 Å². The normalized spacial score (nSPS) is 21.9. The summed E-state index contributed by atoms with van der Waals surface area (Å²) in [5.41, 5.74) is 0.324. The van der Waals surface area contributed by atoms with Crippen molar-refractivity contribution >= 4 is 17.9 Å². The number of nitrogens with one attached hydrogen (secondary N) is 1. The number of amides is 1. The van der Waals surface area contributed by atoms with Gasteiger partial charge in [0.15, 0.2) is 0 Å². The second kappa shape index (κ2) is 11.8. The van der Waals surface area contributed by atoms with E-state index in [0.29, 0.717) is 6.42 Å². The number of hydrogen-bond acceptors (Lipinski definition) is 4. The summed E-state index contributed by atoms with van der Waals surface area (Å²) in [6, 6.07) is 27.5. The highest BCUT2D eigenvalue weighted by Crippen LogP contribution is 2.48. The molecule has 4 rings (SSSR count). The van der Waals surface area contributed by atoms with Crippen LogP contribution in [0.2, 0.25) is 0 Å². The lowest BCUT2D eigenvalue weighted by atomic mass is 9.66. The van der Waals surface area contributed by atoms with Gasteiger partial charge < -0.3 is 9.84 Å². The summed E-state index contributed by atoms with van der Waals surface area (Å²) in [5, 5.41) is 11.5. The first-order valence-corrected chi connectivity index (χ1v) is 13.3. The highest BCUT2D eigenvalue weighted by molar-refractivity contribution is 7.98. The second-order valence-electron chi connectivity index (χ2n) is 9.93. The quantitative estimate of drug-likeness (QED) is 0.227. The molecule has 1 saturated carbocycles. The molecule has 3 aromatic rings. The Morgan fingerprint density at radius 3 is 2.26 bits per heavy atom. The van der Waals surface area contributed by atoms with Crippen LogP contribution >= 0.6 is 11.9 Å². The molecule has 1 aliphatic rings. The Morgan fingerprint density at radius 2 is 1.54 bits per heavy atom. The van der Waals surface area contributed by atoms with Gasteiger partial charge in [-0.1, -0.05) is 61.9 Å². The molecule has 0 atom stereocenters. The van der Waals surface area contributed by atoms with Crippen molar-refractivity contribution in [3.63, 3.8) is 0 Å². The van der Waals surface area contributed by atoms with Crippen molar-refractivity contribution in [2.24, 2.45) is 5.41 Å². The fourth-order valence-electron chi connectivity index (χ4n) is 4.77. The largest absolute Gasteiger partial charge is 0.457 e. The summed E-state index contributed by atoms with van der Waals surface area (Å²) < 4.78 is 8.91. The van der Waals surface area contributed by atoms with Crippen molar-refractivity contribution in [3.05, 3.63) is 90.5 Å². The van der Waals surface area contributed by atoms with Crippen molar-refractivity contribution in [2.75, 3.05) is 0 Å². The Balaban J connectivity index is 1.21. The minimum Gasteiger partial charge on any atom is -0.457 e. The summed E-state index contributed by atoms with van der Waals surface area (Å²) in [6.45, 7) is 2.33. The number of rotatable bonds is 10. The fraction of sp³-hybridized carbons (Fsp3) is 0.367. The highest BCUT2D eigenvalue weighted by atomic mass is 32.2. The number of para-hydroxylation sites is 1. The predicted octanol–water partition coefficient (Wildman–Crippen LogP) is 7.63. The Kier molecular flexibility index (Phi) is 8.53. The Bertz CT molecular complexity index is 1080. The SMILES string of the molecule is CC1(CCCCC(=O)NSc2ccccc2)CCC(O)(c2cccc(Oc3ccccc3)c2)CC1. The van der Waals surface area contributed by atoms with Gasteiger partial charge in [0, 0.05) is 11.3 Å². The van der Waals surface area contributed by atoms with E-state index in [0.717, 1.165) is 66.9 Å². The van der Waals surface area contributed by atoms with E-state index < -0.39 is 5.60 Å². The number of hydrogen-bond donors (Lipinski definition) is 2.